The number of carbonyl (C=O) groups is 1. The Kier molecular flexibility index (Phi) is 5.57. The van der Waals surface area contributed by atoms with E-state index in [4.69, 9.17) is 4.98 Å². The van der Waals surface area contributed by atoms with Crippen LogP contribution in [0, 0.1) is 6.92 Å². The first-order chi connectivity index (χ1) is 12.7. The molecule has 0 bridgehead atoms. The summed E-state index contributed by atoms with van der Waals surface area (Å²) in [5.41, 5.74) is 2.18. The van der Waals surface area contributed by atoms with Crippen molar-refractivity contribution in [2.24, 2.45) is 0 Å². The van der Waals surface area contributed by atoms with Crippen LogP contribution >= 0.6 is 34.4 Å². The molecule has 0 spiro atoms. The number of para-hydroxylation sites is 1. The maximum Gasteiger partial charge on any atom is 0.232 e. The highest BCUT2D eigenvalue weighted by atomic mass is 32.2. The van der Waals surface area contributed by atoms with Crippen molar-refractivity contribution in [1.29, 1.82) is 0 Å². The highest BCUT2D eigenvalue weighted by molar-refractivity contribution is 7.99. The quantitative estimate of drug-likeness (QED) is 0.619. The minimum absolute atomic E-state index is 0.254. The number of rotatable bonds is 5. The lowest BCUT2D eigenvalue weighted by atomic mass is 9.97. The molecule has 1 fully saturated rings. The van der Waals surface area contributed by atoms with Gasteiger partial charge in [-0.25, -0.2) is 9.97 Å². The number of fused-ring (bicyclic) bond motifs is 1. The summed E-state index contributed by atoms with van der Waals surface area (Å²) in [4.78, 5) is 23.7. The number of carbonyl (C=O) groups excluding carboxylic acids is 1. The molecule has 3 heterocycles. The minimum Gasteiger partial charge on any atom is -0.342 e. The van der Waals surface area contributed by atoms with Gasteiger partial charge in [0.05, 0.1) is 31.7 Å². The molecule has 1 aromatic carbocycles. The molecule has 136 valence electrons. The highest BCUT2D eigenvalue weighted by Gasteiger charge is 2.25. The lowest BCUT2D eigenvalue weighted by molar-refractivity contribution is -0.129. The number of hydrogen-bond donors (Lipinski definition) is 0. The predicted octanol–water partition coefficient (Wildman–Crippen LogP) is 4.70. The lowest BCUT2D eigenvalue weighted by Crippen LogP contribution is -2.38. The molecule has 0 N–H and O–H groups in total. The van der Waals surface area contributed by atoms with Crippen molar-refractivity contribution in [3.63, 3.8) is 0 Å². The fourth-order valence-corrected chi connectivity index (χ4v) is 5.92. The highest BCUT2D eigenvalue weighted by Crippen LogP contribution is 2.33. The Bertz CT molecular complexity index is 863. The zero-order chi connectivity index (χ0) is 17.9. The van der Waals surface area contributed by atoms with Crippen molar-refractivity contribution in [1.82, 2.24) is 14.9 Å². The number of likely N-dealkylation sites (tertiary alicyclic amines) is 1. The van der Waals surface area contributed by atoms with Crippen LogP contribution < -0.4 is 0 Å². The van der Waals surface area contributed by atoms with Crippen LogP contribution in [0.25, 0.3) is 10.2 Å². The maximum atomic E-state index is 12.5. The second-order valence-corrected chi connectivity index (χ2v) is 9.64. The SMILES string of the molecule is Cc1nc(CSCC(=O)N2CCC(c3nc4ccccc4s3)CC2)cs1. The normalized spacial score (nSPS) is 15.7. The number of thioether (sulfide) groups is 1. The van der Waals surface area contributed by atoms with Gasteiger partial charge in [-0.2, -0.15) is 0 Å². The van der Waals surface area contributed by atoms with E-state index in [1.54, 1.807) is 34.4 Å². The average molecular weight is 404 g/mol. The Morgan fingerprint density at radius 2 is 2.08 bits per heavy atom. The van der Waals surface area contributed by atoms with Crippen molar-refractivity contribution in [3.8, 4) is 0 Å². The van der Waals surface area contributed by atoms with Gasteiger partial charge < -0.3 is 4.90 Å². The second-order valence-electron chi connectivity index (χ2n) is 6.53. The standard InChI is InChI=1S/C19H21N3OS3/c1-13-20-15(11-25-13)10-24-12-18(23)22-8-6-14(7-9-22)19-21-16-4-2-3-5-17(16)26-19/h2-5,11,14H,6-10,12H2,1H3. The number of aryl methyl sites for hydroxylation is 1. The average Bonchev–Trinajstić information content (AvgIpc) is 3.27. The molecule has 26 heavy (non-hydrogen) atoms. The number of amides is 1. The molecular formula is C19H21N3OS3. The summed E-state index contributed by atoms with van der Waals surface area (Å²) in [5.74, 6) is 2.10. The van der Waals surface area contributed by atoms with E-state index in [0.29, 0.717) is 11.7 Å². The third-order valence-corrected chi connectivity index (χ3v) is 7.62. The van der Waals surface area contributed by atoms with Crippen LogP contribution in [-0.4, -0.2) is 39.6 Å². The number of hydrogen-bond acceptors (Lipinski definition) is 6. The monoisotopic (exact) mass is 403 g/mol. The summed E-state index contributed by atoms with van der Waals surface area (Å²) in [5, 5.41) is 4.39. The van der Waals surface area contributed by atoms with Crippen molar-refractivity contribution in [2.45, 2.75) is 31.4 Å². The molecule has 0 unspecified atom stereocenters. The molecule has 1 aliphatic heterocycles. The molecule has 0 atom stereocenters. The van der Waals surface area contributed by atoms with Crippen LogP contribution in [0.15, 0.2) is 29.6 Å². The molecule has 3 aromatic rings. The van der Waals surface area contributed by atoms with Gasteiger partial charge in [-0.15, -0.1) is 34.4 Å². The summed E-state index contributed by atoms with van der Waals surface area (Å²) in [6.45, 7) is 3.70. The summed E-state index contributed by atoms with van der Waals surface area (Å²) < 4.78 is 1.26. The maximum absolute atomic E-state index is 12.5. The smallest absolute Gasteiger partial charge is 0.232 e. The van der Waals surface area contributed by atoms with Crippen LogP contribution in [0.5, 0.6) is 0 Å². The topological polar surface area (TPSA) is 46.1 Å². The van der Waals surface area contributed by atoms with Gasteiger partial charge in [0.2, 0.25) is 5.91 Å². The molecule has 4 rings (SSSR count). The molecule has 2 aromatic heterocycles. The Hall–Kier alpha value is -1.44. The zero-order valence-corrected chi connectivity index (χ0v) is 17.1. The van der Waals surface area contributed by atoms with Crippen LogP contribution in [0.3, 0.4) is 0 Å². The van der Waals surface area contributed by atoms with Gasteiger partial charge in [0, 0.05) is 30.1 Å². The number of thiazole rings is 2. The fraction of sp³-hybridized carbons (Fsp3) is 0.421. The van der Waals surface area contributed by atoms with Gasteiger partial charge in [-0.3, -0.25) is 4.79 Å². The molecule has 0 saturated carbocycles. The molecule has 4 nitrogen and oxygen atoms in total. The van der Waals surface area contributed by atoms with Crippen molar-refractivity contribution >= 4 is 50.6 Å². The van der Waals surface area contributed by atoms with Crippen LogP contribution in [-0.2, 0) is 10.5 Å². The van der Waals surface area contributed by atoms with Gasteiger partial charge in [-0.1, -0.05) is 12.1 Å². The molecule has 0 radical (unpaired) electrons. The third-order valence-electron chi connectivity index (χ3n) is 4.65. The number of benzene rings is 1. The van der Waals surface area contributed by atoms with Gasteiger partial charge >= 0.3 is 0 Å². The van der Waals surface area contributed by atoms with Gasteiger partial charge in [-0.05, 0) is 31.9 Å². The van der Waals surface area contributed by atoms with E-state index >= 15 is 0 Å². The van der Waals surface area contributed by atoms with E-state index in [1.807, 2.05) is 17.9 Å². The first-order valence-corrected chi connectivity index (χ1v) is 11.7. The molecule has 1 amide bonds. The Balaban J connectivity index is 1.26. The summed E-state index contributed by atoms with van der Waals surface area (Å²) in [6, 6.07) is 8.32. The number of nitrogens with zero attached hydrogens (tertiary/aromatic N) is 3. The van der Waals surface area contributed by atoms with Crippen molar-refractivity contribution in [3.05, 3.63) is 45.4 Å². The first-order valence-electron chi connectivity index (χ1n) is 8.81. The summed E-state index contributed by atoms with van der Waals surface area (Å²) >= 11 is 5.13. The number of aromatic nitrogens is 2. The van der Waals surface area contributed by atoms with Crippen LogP contribution in [0.1, 0.15) is 34.5 Å². The van der Waals surface area contributed by atoms with E-state index in [-0.39, 0.29) is 5.91 Å². The molecule has 7 heteroatoms. The van der Waals surface area contributed by atoms with E-state index in [2.05, 4.69) is 28.6 Å². The first kappa shape index (κ1) is 17.9. The Labute approximate surface area is 165 Å². The fourth-order valence-electron chi connectivity index (χ4n) is 3.25. The van der Waals surface area contributed by atoms with Crippen LogP contribution in [0.2, 0.25) is 0 Å². The molecule has 0 aliphatic carbocycles. The van der Waals surface area contributed by atoms with E-state index in [0.717, 1.165) is 47.9 Å². The zero-order valence-electron chi connectivity index (χ0n) is 14.7. The van der Waals surface area contributed by atoms with E-state index in [9.17, 15) is 4.79 Å². The summed E-state index contributed by atoms with van der Waals surface area (Å²) in [6.07, 6.45) is 2.03. The van der Waals surface area contributed by atoms with E-state index in [1.165, 1.54) is 9.71 Å². The lowest BCUT2D eigenvalue weighted by Gasteiger charge is -2.31. The predicted molar refractivity (Wildman–Crippen MR) is 111 cm³/mol. The van der Waals surface area contributed by atoms with Gasteiger partial charge in [0.15, 0.2) is 0 Å². The van der Waals surface area contributed by atoms with Gasteiger partial charge in [0.1, 0.15) is 0 Å². The van der Waals surface area contributed by atoms with Crippen molar-refractivity contribution in [2.75, 3.05) is 18.8 Å². The number of piperidine rings is 1. The van der Waals surface area contributed by atoms with Crippen LogP contribution in [0.4, 0.5) is 0 Å². The summed E-state index contributed by atoms with van der Waals surface area (Å²) in [7, 11) is 0. The molecule has 1 aliphatic rings. The second kappa shape index (κ2) is 8.06. The third kappa shape index (κ3) is 4.10. The largest absolute Gasteiger partial charge is 0.342 e. The Morgan fingerprint density at radius 3 is 2.81 bits per heavy atom. The van der Waals surface area contributed by atoms with Gasteiger partial charge in [0.25, 0.3) is 0 Å². The Morgan fingerprint density at radius 1 is 1.27 bits per heavy atom. The molecular weight excluding hydrogens is 382 g/mol. The van der Waals surface area contributed by atoms with Crippen molar-refractivity contribution < 1.29 is 4.79 Å². The van der Waals surface area contributed by atoms with E-state index < -0.39 is 0 Å². The molecule has 1 saturated heterocycles. The minimum atomic E-state index is 0.254.